The molecule has 1 N–H and O–H groups in total. The van der Waals surface area contributed by atoms with Crippen molar-refractivity contribution in [2.75, 3.05) is 37.4 Å². The maximum absolute atomic E-state index is 12.8. The summed E-state index contributed by atoms with van der Waals surface area (Å²) in [7, 11) is 0. The fraction of sp³-hybridized carbons (Fsp3) is 0.280. The molecule has 7 nitrogen and oxygen atoms in total. The lowest BCUT2D eigenvalue weighted by atomic mass is 10.1. The van der Waals surface area contributed by atoms with Crippen molar-refractivity contribution < 1.29 is 9.53 Å². The van der Waals surface area contributed by atoms with Gasteiger partial charge in [0.15, 0.2) is 0 Å². The molecule has 0 bridgehead atoms. The number of morpholine rings is 1. The van der Waals surface area contributed by atoms with E-state index in [9.17, 15) is 4.79 Å². The van der Waals surface area contributed by atoms with Crippen molar-refractivity contribution in [3.63, 3.8) is 0 Å². The zero-order valence-corrected chi connectivity index (χ0v) is 20.5. The molecule has 4 aromatic rings. The summed E-state index contributed by atoms with van der Waals surface area (Å²) in [4.78, 5) is 29.2. The van der Waals surface area contributed by atoms with Crippen molar-refractivity contribution in [2.45, 2.75) is 18.5 Å². The lowest BCUT2D eigenvalue weighted by Crippen LogP contribution is -2.36. The number of anilines is 1. The number of carbonyl (C=O) groups is 1. The quantitative estimate of drug-likeness (QED) is 0.298. The zero-order valence-electron chi connectivity index (χ0n) is 18.9. The first-order valence-corrected chi connectivity index (χ1v) is 13.0. The molecule has 34 heavy (non-hydrogen) atoms. The maximum Gasteiger partial charge on any atom is 0.234 e. The van der Waals surface area contributed by atoms with Gasteiger partial charge in [-0.05, 0) is 25.1 Å². The molecule has 174 valence electrons. The molecule has 0 radical (unpaired) electrons. The number of nitrogens with zero attached hydrogens (tertiary/aromatic N) is 4. The summed E-state index contributed by atoms with van der Waals surface area (Å²) in [5.74, 6) is 0.960. The minimum atomic E-state index is -0.0750. The lowest BCUT2D eigenvalue weighted by molar-refractivity contribution is -0.113. The predicted molar refractivity (Wildman–Crippen MR) is 137 cm³/mol. The smallest absolute Gasteiger partial charge is 0.234 e. The van der Waals surface area contributed by atoms with E-state index in [0.717, 1.165) is 70.0 Å². The van der Waals surface area contributed by atoms with E-state index < -0.39 is 0 Å². The van der Waals surface area contributed by atoms with E-state index in [4.69, 9.17) is 14.7 Å². The Kier molecular flexibility index (Phi) is 7.15. The van der Waals surface area contributed by atoms with E-state index in [0.29, 0.717) is 6.54 Å². The molecule has 1 aliphatic heterocycles. The van der Waals surface area contributed by atoms with Crippen LogP contribution in [0.25, 0.3) is 22.2 Å². The van der Waals surface area contributed by atoms with E-state index in [2.05, 4.69) is 15.2 Å². The number of rotatable bonds is 7. The van der Waals surface area contributed by atoms with Crippen molar-refractivity contribution in [2.24, 2.45) is 0 Å². The molecule has 3 heterocycles. The second-order valence-electron chi connectivity index (χ2n) is 8.02. The molecule has 5 rings (SSSR count). The highest BCUT2D eigenvalue weighted by atomic mass is 32.2. The molecule has 0 unspecified atom stereocenters. The van der Waals surface area contributed by atoms with Crippen molar-refractivity contribution in [1.29, 1.82) is 0 Å². The van der Waals surface area contributed by atoms with Crippen LogP contribution in [-0.4, -0.2) is 57.8 Å². The molecule has 0 atom stereocenters. The number of hydrogen-bond acceptors (Lipinski definition) is 8. The summed E-state index contributed by atoms with van der Waals surface area (Å²) >= 11 is 3.05. The number of nitrogens with one attached hydrogen (secondary N) is 1. The van der Waals surface area contributed by atoms with E-state index in [1.807, 2.05) is 60.8 Å². The highest BCUT2D eigenvalue weighted by molar-refractivity contribution is 8.00. The Hall–Kier alpha value is -2.85. The fourth-order valence-corrected chi connectivity index (χ4v) is 5.28. The molecule has 9 heteroatoms. The zero-order chi connectivity index (χ0) is 23.3. The number of aryl methyl sites for hydroxylation is 1. The Bertz CT molecular complexity index is 1300. The number of benzene rings is 2. The number of hydrogen-bond donors (Lipinski definition) is 1. The third kappa shape index (κ3) is 5.61. The Balaban J connectivity index is 1.28. The van der Waals surface area contributed by atoms with E-state index in [-0.39, 0.29) is 11.7 Å². The van der Waals surface area contributed by atoms with Gasteiger partial charge in [-0.25, -0.2) is 15.0 Å². The number of carbonyl (C=O) groups excluding carboxylic acids is 1. The van der Waals surface area contributed by atoms with Gasteiger partial charge in [0.25, 0.3) is 0 Å². The Morgan fingerprint density at radius 3 is 2.79 bits per heavy atom. The predicted octanol–water partition coefficient (Wildman–Crippen LogP) is 4.62. The van der Waals surface area contributed by atoms with Crippen LogP contribution < -0.4 is 5.32 Å². The van der Waals surface area contributed by atoms with Crippen LogP contribution in [0.2, 0.25) is 0 Å². The maximum atomic E-state index is 12.8. The standard InChI is InChI=1S/C25H25N5O2S2/c1-17-26-22(15-33-17)18-5-4-6-19(13-18)27-24(31)16-34-25-20-7-2-3-8-21(20)28-23(29-25)14-30-9-11-32-12-10-30/h2-8,13,15H,9-12,14,16H2,1H3,(H,27,31). The van der Waals surface area contributed by atoms with Gasteiger partial charge in [-0.15, -0.1) is 11.3 Å². The van der Waals surface area contributed by atoms with Gasteiger partial charge in [-0.1, -0.05) is 42.1 Å². The van der Waals surface area contributed by atoms with Crippen LogP contribution >= 0.6 is 23.1 Å². The van der Waals surface area contributed by atoms with Gasteiger partial charge < -0.3 is 10.1 Å². The van der Waals surface area contributed by atoms with Gasteiger partial charge in [0.05, 0.1) is 41.7 Å². The molecule has 1 amide bonds. The molecule has 2 aromatic carbocycles. The van der Waals surface area contributed by atoms with Crippen LogP contribution in [0.15, 0.2) is 58.9 Å². The molecule has 0 aliphatic carbocycles. The van der Waals surface area contributed by atoms with Crippen molar-refractivity contribution in [3.8, 4) is 11.3 Å². The van der Waals surface area contributed by atoms with Crippen molar-refractivity contribution >= 4 is 45.6 Å². The molecule has 2 aromatic heterocycles. The number of para-hydroxylation sites is 1. The van der Waals surface area contributed by atoms with Gasteiger partial charge in [-0.3, -0.25) is 9.69 Å². The SMILES string of the molecule is Cc1nc(-c2cccc(NC(=O)CSc3nc(CN4CCOCC4)nc4ccccc34)c2)cs1. The van der Waals surface area contributed by atoms with E-state index >= 15 is 0 Å². The monoisotopic (exact) mass is 491 g/mol. The summed E-state index contributed by atoms with van der Waals surface area (Å²) in [5, 5.41) is 7.85. The highest BCUT2D eigenvalue weighted by Crippen LogP contribution is 2.27. The first-order chi connectivity index (χ1) is 16.6. The lowest BCUT2D eigenvalue weighted by Gasteiger charge is -2.25. The Morgan fingerprint density at radius 1 is 1.12 bits per heavy atom. The number of aromatic nitrogens is 3. The molecule has 0 spiro atoms. The first kappa shape index (κ1) is 22.9. The highest BCUT2D eigenvalue weighted by Gasteiger charge is 2.15. The van der Waals surface area contributed by atoms with Crippen molar-refractivity contribution in [1.82, 2.24) is 19.9 Å². The van der Waals surface area contributed by atoms with Crippen molar-refractivity contribution in [3.05, 3.63) is 64.7 Å². The number of thiazole rings is 1. The summed E-state index contributed by atoms with van der Waals surface area (Å²) in [5.41, 5.74) is 3.57. The first-order valence-electron chi connectivity index (χ1n) is 11.1. The van der Waals surface area contributed by atoms with Crippen LogP contribution in [0, 0.1) is 6.92 Å². The average molecular weight is 492 g/mol. The van der Waals surface area contributed by atoms with Crippen LogP contribution in [0.1, 0.15) is 10.8 Å². The van der Waals surface area contributed by atoms with Crippen LogP contribution in [0.5, 0.6) is 0 Å². The average Bonchev–Trinajstić information content (AvgIpc) is 3.30. The van der Waals surface area contributed by atoms with Crippen LogP contribution in [-0.2, 0) is 16.1 Å². The molecule has 1 saturated heterocycles. The Labute approximate surface area is 206 Å². The fourth-order valence-electron chi connectivity index (χ4n) is 3.82. The summed E-state index contributed by atoms with van der Waals surface area (Å²) in [6.45, 7) is 5.88. The summed E-state index contributed by atoms with van der Waals surface area (Å²) < 4.78 is 5.44. The van der Waals surface area contributed by atoms with Crippen LogP contribution in [0.3, 0.4) is 0 Å². The molecular weight excluding hydrogens is 466 g/mol. The minimum Gasteiger partial charge on any atom is -0.379 e. The molecule has 1 aliphatic rings. The largest absolute Gasteiger partial charge is 0.379 e. The number of amides is 1. The van der Waals surface area contributed by atoms with Gasteiger partial charge in [0.1, 0.15) is 10.9 Å². The second kappa shape index (κ2) is 10.6. The summed E-state index contributed by atoms with van der Waals surface area (Å²) in [6, 6.07) is 15.7. The topological polar surface area (TPSA) is 80.2 Å². The van der Waals surface area contributed by atoms with Gasteiger partial charge in [0.2, 0.25) is 5.91 Å². The minimum absolute atomic E-state index is 0.0750. The van der Waals surface area contributed by atoms with Gasteiger partial charge in [0, 0.05) is 35.1 Å². The molecular formula is C25H25N5O2S2. The van der Waals surface area contributed by atoms with Gasteiger partial charge >= 0.3 is 0 Å². The Morgan fingerprint density at radius 2 is 1.97 bits per heavy atom. The molecule has 0 saturated carbocycles. The number of fused-ring (bicyclic) bond motifs is 1. The number of ether oxygens (including phenoxy) is 1. The number of thioether (sulfide) groups is 1. The van der Waals surface area contributed by atoms with E-state index in [1.165, 1.54) is 11.8 Å². The van der Waals surface area contributed by atoms with Crippen LogP contribution in [0.4, 0.5) is 5.69 Å². The van der Waals surface area contributed by atoms with E-state index in [1.54, 1.807) is 11.3 Å². The normalized spacial score (nSPS) is 14.4. The summed E-state index contributed by atoms with van der Waals surface area (Å²) in [6.07, 6.45) is 0. The second-order valence-corrected chi connectivity index (χ2v) is 10.0. The molecule has 1 fully saturated rings. The van der Waals surface area contributed by atoms with Gasteiger partial charge in [-0.2, -0.15) is 0 Å². The third-order valence-electron chi connectivity index (χ3n) is 5.48. The third-order valence-corrected chi connectivity index (χ3v) is 7.25.